The molecule has 0 aromatic heterocycles. The summed E-state index contributed by atoms with van der Waals surface area (Å²) in [6.07, 6.45) is 0. The molecule has 2 aliphatic rings. The highest BCUT2D eigenvalue weighted by Crippen LogP contribution is 2.38. The minimum absolute atomic E-state index is 0.0394. The molecule has 0 aliphatic carbocycles. The number of anilines is 2. The zero-order valence-corrected chi connectivity index (χ0v) is 23.4. The van der Waals surface area contributed by atoms with Crippen molar-refractivity contribution in [1.82, 2.24) is 4.90 Å². The Morgan fingerprint density at radius 3 is 2.22 bits per heavy atom. The zero-order valence-electron chi connectivity index (χ0n) is 21.8. The SMILES string of the molecule is O=C(c1ccc2c(c1)N(Cc1ccc(Cl)cc1)C(=O)c1ccccc1S2(=O)=O)N1CCN(c2ccc(F)cc2)CC1. The first kappa shape index (κ1) is 27.0. The maximum Gasteiger partial charge on any atom is 0.259 e. The van der Waals surface area contributed by atoms with Crippen LogP contribution in [0.5, 0.6) is 0 Å². The molecule has 6 rings (SSSR count). The Hall–Kier alpha value is -4.21. The third kappa shape index (κ3) is 5.07. The Morgan fingerprint density at radius 2 is 1.51 bits per heavy atom. The molecular formula is C31H25ClFN3O4S. The van der Waals surface area contributed by atoms with Gasteiger partial charge < -0.3 is 14.7 Å². The summed E-state index contributed by atoms with van der Waals surface area (Å²) < 4.78 is 40.8. The van der Waals surface area contributed by atoms with Crippen LogP contribution in [0.4, 0.5) is 15.8 Å². The van der Waals surface area contributed by atoms with Crippen LogP contribution in [0.25, 0.3) is 0 Å². The number of amides is 2. The van der Waals surface area contributed by atoms with Gasteiger partial charge in [-0.2, -0.15) is 0 Å². The van der Waals surface area contributed by atoms with Gasteiger partial charge in [0.2, 0.25) is 9.84 Å². The molecule has 1 saturated heterocycles. The first-order valence-electron chi connectivity index (χ1n) is 13.1. The van der Waals surface area contributed by atoms with E-state index in [1.54, 1.807) is 53.4 Å². The lowest BCUT2D eigenvalue weighted by atomic mass is 10.1. The van der Waals surface area contributed by atoms with Crippen molar-refractivity contribution in [3.63, 3.8) is 0 Å². The third-order valence-electron chi connectivity index (χ3n) is 7.45. The zero-order chi connectivity index (χ0) is 28.7. The summed E-state index contributed by atoms with van der Waals surface area (Å²) >= 11 is 6.05. The first-order valence-corrected chi connectivity index (χ1v) is 14.9. The predicted molar refractivity (Wildman–Crippen MR) is 155 cm³/mol. The maximum atomic E-state index is 13.8. The number of halogens is 2. The fraction of sp³-hybridized carbons (Fsp3) is 0.161. The van der Waals surface area contributed by atoms with Gasteiger partial charge in [-0.1, -0.05) is 35.9 Å². The minimum atomic E-state index is -4.05. The molecule has 41 heavy (non-hydrogen) atoms. The van der Waals surface area contributed by atoms with E-state index in [9.17, 15) is 22.4 Å². The minimum Gasteiger partial charge on any atom is -0.368 e. The van der Waals surface area contributed by atoms with Crippen LogP contribution < -0.4 is 9.80 Å². The van der Waals surface area contributed by atoms with Crippen LogP contribution in [0.15, 0.2) is 101 Å². The monoisotopic (exact) mass is 589 g/mol. The van der Waals surface area contributed by atoms with Crippen molar-refractivity contribution >= 4 is 44.6 Å². The molecule has 0 saturated carbocycles. The van der Waals surface area contributed by atoms with Gasteiger partial charge in [0.1, 0.15) is 5.82 Å². The van der Waals surface area contributed by atoms with Gasteiger partial charge in [0.15, 0.2) is 0 Å². The van der Waals surface area contributed by atoms with E-state index in [1.807, 2.05) is 0 Å². The molecule has 0 bridgehead atoms. The molecule has 0 radical (unpaired) electrons. The van der Waals surface area contributed by atoms with Crippen molar-refractivity contribution in [3.05, 3.63) is 119 Å². The summed E-state index contributed by atoms with van der Waals surface area (Å²) in [5, 5.41) is 0.539. The number of benzene rings is 4. The van der Waals surface area contributed by atoms with Crippen LogP contribution in [0.2, 0.25) is 5.02 Å². The third-order valence-corrected chi connectivity index (χ3v) is 9.56. The molecular weight excluding hydrogens is 565 g/mol. The number of rotatable bonds is 4. The summed E-state index contributed by atoms with van der Waals surface area (Å²) in [5.74, 6) is -1.04. The molecule has 10 heteroatoms. The lowest BCUT2D eigenvalue weighted by Gasteiger charge is -2.36. The molecule has 4 aromatic carbocycles. The molecule has 2 aliphatic heterocycles. The molecule has 0 spiro atoms. The van der Waals surface area contributed by atoms with Gasteiger partial charge in [0, 0.05) is 42.5 Å². The number of fused-ring (bicyclic) bond motifs is 2. The fourth-order valence-electron chi connectivity index (χ4n) is 5.27. The fourth-order valence-corrected chi connectivity index (χ4v) is 7.03. The number of carbonyl (C=O) groups excluding carboxylic acids is 2. The Morgan fingerprint density at radius 1 is 0.829 bits per heavy atom. The van der Waals surface area contributed by atoms with Gasteiger partial charge in [0.25, 0.3) is 11.8 Å². The molecule has 1 fully saturated rings. The smallest absolute Gasteiger partial charge is 0.259 e. The number of hydrogen-bond donors (Lipinski definition) is 0. The number of nitrogens with zero attached hydrogens (tertiary/aromatic N) is 3. The van der Waals surface area contributed by atoms with Crippen molar-refractivity contribution in [2.24, 2.45) is 0 Å². The second kappa shape index (κ2) is 10.6. The van der Waals surface area contributed by atoms with Gasteiger partial charge in [-0.05, 0) is 72.3 Å². The van der Waals surface area contributed by atoms with Crippen LogP contribution in [0.1, 0.15) is 26.3 Å². The first-order chi connectivity index (χ1) is 19.7. The second-order valence-corrected chi connectivity index (χ2v) is 12.3. The largest absolute Gasteiger partial charge is 0.368 e. The standard InChI is InChI=1S/C31H25ClFN3O4S/c32-23-8-5-21(6-9-23)20-36-27-19-22(7-14-29(27)41(39,40)28-4-2-1-3-26(28)31(36)38)30(37)35-17-15-34(16-18-35)25-12-10-24(33)11-13-25/h1-14,19H,15-18,20H2. The van der Waals surface area contributed by atoms with Crippen molar-refractivity contribution < 1.29 is 22.4 Å². The Labute approximate surface area is 242 Å². The van der Waals surface area contributed by atoms with Crippen LogP contribution in [-0.2, 0) is 16.4 Å². The van der Waals surface area contributed by atoms with E-state index in [-0.39, 0.29) is 44.9 Å². The maximum absolute atomic E-state index is 13.8. The van der Waals surface area contributed by atoms with Crippen molar-refractivity contribution in [2.45, 2.75) is 16.3 Å². The summed E-state index contributed by atoms with van der Waals surface area (Å²) in [5.41, 5.74) is 2.14. The highest BCUT2D eigenvalue weighted by Gasteiger charge is 2.36. The molecule has 4 aromatic rings. The van der Waals surface area contributed by atoms with E-state index < -0.39 is 15.7 Å². The number of carbonyl (C=O) groups is 2. The van der Waals surface area contributed by atoms with Gasteiger partial charge >= 0.3 is 0 Å². The summed E-state index contributed by atoms with van der Waals surface area (Å²) in [7, 11) is -4.05. The van der Waals surface area contributed by atoms with E-state index in [1.165, 1.54) is 47.4 Å². The number of piperazine rings is 1. The van der Waals surface area contributed by atoms with E-state index in [4.69, 9.17) is 11.6 Å². The van der Waals surface area contributed by atoms with E-state index in [2.05, 4.69) is 4.90 Å². The van der Waals surface area contributed by atoms with Gasteiger partial charge in [-0.15, -0.1) is 0 Å². The van der Waals surface area contributed by atoms with Crippen LogP contribution >= 0.6 is 11.6 Å². The lowest BCUT2D eigenvalue weighted by molar-refractivity contribution is 0.0746. The second-order valence-electron chi connectivity index (χ2n) is 9.96. The average Bonchev–Trinajstić information content (AvgIpc) is 3.06. The molecule has 0 atom stereocenters. The summed E-state index contributed by atoms with van der Waals surface area (Å²) in [4.78, 5) is 32.5. The Bertz CT molecular complexity index is 1750. The van der Waals surface area contributed by atoms with Crippen molar-refractivity contribution in [2.75, 3.05) is 36.0 Å². The normalized spacial score (nSPS) is 16.1. The molecule has 7 nitrogen and oxygen atoms in total. The Balaban J connectivity index is 1.34. The van der Waals surface area contributed by atoms with Crippen LogP contribution in [0, 0.1) is 5.82 Å². The molecule has 0 unspecified atom stereocenters. The highest BCUT2D eigenvalue weighted by atomic mass is 35.5. The van der Waals surface area contributed by atoms with Crippen LogP contribution in [-0.4, -0.2) is 51.3 Å². The summed E-state index contributed by atoms with van der Waals surface area (Å²) in [6.45, 7) is 2.08. The Kier molecular flexibility index (Phi) is 7.01. The predicted octanol–water partition coefficient (Wildman–Crippen LogP) is 5.43. The molecule has 208 valence electrons. The van der Waals surface area contributed by atoms with Gasteiger partial charge in [-0.25, -0.2) is 12.8 Å². The van der Waals surface area contributed by atoms with Crippen LogP contribution in [0.3, 0.4) is 0 Å². The van der Waals surface area contributed by atoms with E-state index >= 15 is 0 Å². The molecule has 2 amide bonds. The summed E-state index contributed by atoms with van der Waals surface area (Å²) in [6, 6.07) is 23.8. The van der Waals surface area contributed by atoms with Crippen molar-refractivity contribution in [3.8, 4) is 0 Å². The van der Waals surface area contributed by atoms with Crippen molar-refractivity contribution in [1.29, 1.82) is 0 Å². The molecule has 0 N–H and O–H groups in total. The highest BCUT2D eigenvalue weighted by molar-refractivity contribution is 7.91. The van der Waals surface area contributed by atoms with E-state index in [0.717, 1.165) is 11.3 Å². The lowest BCUT2D eigenvalue weighted by Crippen LogP contribution is -2.48. The number of hydrogen-bond acceptors (Lipinski definition) is 5. The number of sulfone groups is 1. The average molecular weight is 590 g/mol. The van der Waals surface area contributed by atoms with Gasteiger partial charge in [0.05, 0.1) is 27.6 Å². The van der Waals surface area contributed by atoms with Gasteiger partial charge in [-0.3, -0.25) is 9.59 Å². The topological polar surface area (TPSA) is 78.0 Å². The van der Waals surface area contributed by atoms with E-state index in [0.29, 0.717) is 31.2 Å². The molecule has 2 heterocycles. The quantitative estimate of drug-likeness (QED) is 0.317.